The van der Waals surface area contributed by atoms with Crippen molar-refractivity contribution in [3.8, 4) is 0 Å². The van der Waals surface area contributed by atoms with Crippen molar-refractivity contribution < 1.29 is 0 Å². The zero-order valence-electron chi connectivity index (χ0n) is 10.9. The molecule has 0 aromatic heterocycles. The Hall–Kier alpha value is -0.860. The van der Waals surface area contributed by atoms with Gasteiger partial charge in [0.25, 0.3) is 0 Å². The number of nitrogens with one attached hydrogen (secondary N) is 2. The van der Waals surface area contributed by atoms with Crippen molar-refractivity contribution in [3.63, 3.8) is 0 Å². The Balaban J connectivity index is 2.46. The molecular weight excluding hydrogens is 196 g/mol. The van der Waals surface area contributed by atoms with Crippen LogP contribution in [0.5, 0.6) is 0 Å². The van der Waals surface area contributed by atoms with Crippen LogP contribution < -0.4 is 10.6 Å². The van der Waals surface area contributed by atoms with Crippen LogP contribution in [0.25, 0.3) is 0 Å². The molecule has 0 spiro atoms. The zero-order chi connectivity index (χ0) is 12.0. The highest BCUT2D eigenvalue weighted by molar-refractivity contribution is 5.27. The number of likely N-dealkylation sites (N-methyl/N-ethyl adjacent to an activating group) is 1. The Labute approximate surface area is 99.5 Å². The van der Waals surface area contributed by atoms with E-state index < -0.39 is 0 Å². The molecule has 0 heterocycles. The molecule has 0 aliphatic carbocycles. The van der Waals surface area contributed by atoms with E-state index in [1.807, 2.05) is 7.05 Å². The molecule has 0 aliphatic rings. The summed E-state index contributed by atoms with van der Waals surface area (Å²) in [6.45, 7) is 9.71. The lowest BCUT2D eigenvalue weighted by Crippen LogP contribution is -2.24. The van der Waals surface area contributed by atoms with Crippen LogP contribution in [0.4, 0.5) is 0 Å². The fourth-order valence-corrected chi connectivity index (χ4v) is 1.57. The highest BCUT2D eigenvalue weighted by atomic mass is 14.9. The van der Waals surface area contributed by atoms with E-state index in [2.05, 4.69) is 55.7 Å². The van der Waals surface area contributed by atoms with Gasteiger partial charge in [0, 0.05) is 19.6 Å². The van der Waals surface area contributed by atoms with Crippen molar-refractivity contribution >= 4 is 0 Å². The quantitative estimate of drug-likeness (QED) is 0.744. The van der Waals surface area contributed by atoms with Gasteiger partial charge in [0.2, 0.25) is 0 Å². The van der Waals surface area contributed by atoms with Crippen molar-refractivity contribution in [2.75, 3.05) is 20.1 Å². The smallest absolute Gasteiger partial charge is 0.0206 e. The molecule has 1 aromatic rings. The number of benzene rings is 1. The Morgan fingerprint density at radius 1 is 1.00 bits per heavy atom. The molecule has 2 heteroatoms. The highest BCUT2D eigenvalue weighted by Gasteiger charge is 2.12. The minimum Gasteiger partial charge on any atom is -0.318 e. The monoisotopic (exact) mass is 220 g/mol. The summed E-state index contributed by atoms with van der Waals surface area (Å²) in [5.41, 5.74) is 2.99. The van der Waals surface area contributed by atoms with Gasteiger partial charge in [-0.25, -0.2) is 0 Å². The van der Waals surface area contributed by atoms with E-state index >= 15 is 0 Å². The van der Waals surface area contributed by atoms with Crippen molar-refractivity contribution in [2.24, 2.45) is 0 Å². The summed E-state index contributed by atoms with van der Waals surface area (Å²) < 4.78 is 0. The fourth-order valence-electron chi connectivity index (χ4n) is 1.57. The molecule has 0 unspecified atom stereocenters. The lowest BCUT2D eigenvalue weighted by molar-refractivity contribution is 0.589. The first kappa shape index (κ1) is 13.2. The second-order valence-electron chi connectivity index (χ2n) is 5.23. The molecule has 1 rings (SSSR count). The summed E-state index contributed by atoms with van der Waals surface area (Å²) >= 11 is 0. The van der Waals surface area contributed by atoms with Gasteiger partial charge < -0.3 is 10.6 Å². The predicted octanol–water partition coefficient (Wildman–Crippen LogP) is 2.29. The summed E-state index contributed by atoms with van der Waals surface area (Å²) in [4.78, 5) is 0. The van der Waals surface area contributed by atoms with Gasteiger partial charge in [-0.1, -0.05) is 45.0 Å². The molecule has 0 atom stereocenters. The average molecular weight is 220 g/mol. The molecular formula is C14H24N2. The molecule has 0 aliphatic heterocycles. The minimum atomic E-state index is 0.248. The summed E-state index contributed by atoms with van der Waals surface area (Å²) in [5, 5.41) is 6.52. The number of rotatable bonds is 5. The Morgan fingerprint density at radius 2 is 1.62 bits per heavy atom. The van der Waals surface area contributed by atoms with Crippen LogP contribution in [0.15, 0.2) is 24.3 Å². The van der Waals surface area contributed by atoms with Crippen molar-refractivity contribution in [3.05, 3.63) is 35.4 Å². The molecule has 0 saturated heterocycles. The van der Waals surface area contributed by atoms with Crippen molar-refractivity contribution in [2.45, 2.75) is 32.7 Å². The molecule has 90 valence electrons. The highest BCUT2D eigenvalue weighted by Crippen LogP contribution is 2.21. The lowest BCUT2D eigenvalue weighted by Gasteiger charge is -2.19. The first-order valence-corrected chi connectivity index (χ1v) is 5.99. The molecule has 0 amide bonds. The fraction of sp³-hybridized carbons (Fsp3) is 0.571. The topological polar surface area (TPSA) is 24.1 Å². The van der Waals surface area contributed by atoms with Crippen LogP contribution in [0.2, 0.25) is 0 Å². The Morgan fingerprint density at radius 3 is 2.12 bits per heavy atom. The van der Waals surface area contributed by atoms with Crippen molar-refractivity contribution in [1.82, 2.24) is 10.6 Å². The first-order chi connectivity index (χ1) is 7.54. The van der Waals surface area contributed by atoms with E-state index in [4.69, 9.17) is 0 Å². The zero-order valence-corrected chi connectivity index (χ0v) is 10.9. The molecule has 0 fully saturated rings. The summed E-state index contributed by atoms with van der Waals surface area (Å²) in [6, 6.07) is 8.89. The summed E-state index contributed by atoms with van der Waals surface area (Å²) in [7, 11) is 1.97. The second-order valence-corrected chi connectivity index (χ2v) is 5.23. The van der Waals surface area contributed by atoms with Gasteiger partial charge >= 0.3 is 0 Å². The van der Waals surface area contributed by atoms with Gasteiger partial charge in [-0.15, -0.1) is 0 Å². The summed E-state index contributed by atoms with van der Waals surface area (Å²) in [6.07, 6.45) is 0. The van der Waals surface area contributed by atoms with Crippen molar-refractivity contribution in [1.29, 1.82) is 0 Å². The van der Waals surface area contributed by atoms with E-state index in [9.17, 15) is 0 Å². The van der Waals surface area contributed by atoms with E-state index in [1.165, 1.54) is 11.1 Å². The minimum absolute atomic E-state index is 0.248. The molecule has 0 bridgehead atoms. The molecule has 0 saturated carbocycles. The van der Waals surface area contributed by atoms with Gasteiger partial charge in [0.15, 0.2) is 0 Å². The van der Waals surface area contributed by atoms with Crippen LogP contribution in [-0.2, 0) is 12.0 Å². The van der Waals surface area contributed by atoms with Crippen LogP contribution in [-0.4, -0.2) is 20.1 Å². The predicted molar refractivity (Wildman–Crippen MR) is 70.8 cm³/mol. The lowest BCUT2D eigenvalue weighted by atomic mass is 9.87. The molecule has 0 radical (unpaired) electrons. The molecule has 16 heavy (non-hydrogen) atoms. The van der Waals surface area contributed by atoms with Crippen LogP contribution in [0.1, 0.15) is 31.9 Å². The third kappa shape index (κ3) is 4.33. The van der Waals surface area contributed by atoms with E-state index in [1.54, 1.807) is 0 Å². The van der Waals surface area contributed by atoms with E-state index in [0.29, 0.717) is 0 Å². The van der Waals surface area contributed by atoms with E-state index in [0.717, 1.165) is 19.6 Å². The first-order valence-electron chi connectivity index (χ1n) is 5.99. The van der Waals surface area contributed by atoms with Crippen LogP contribution >= 0.6 is 0 Å². The maximum Gasteiger partial charge on any atom is 0.0206 e. The molecule has 1 aromatic carbocycles. The number of hydrogen-bond acceptors (Lipinski definition) is 2. The molecule has 2 nitrogen and oxygen atoms in total. The van der Waals surface area contributed by atoms with Crippen LogP contribution in [0, 0.1) is 0 Å². The summed E-state index contributed by atoms with van der Waals surface area (Å²) in [5.74, 6) is 0. The standard InChI is InChI=1S/C14H24N2/c1-14(2,3)13-7-5-12(6-8-13)11-16-10-9-15-4/h5-8,15-16H,9-11H2,1-4H3. The van der Waals surface area contributed by atoms with Gasteiger partial charge in [-0.05, 0) is 23.6 Å². The third-order valence-corrected chi connectivity index (χ3v) is 2.70. The SMILES string of the molecule is CNCCNCc1ccc(C(C)(C)C)cc1. The van der Waals surface area contributed by atoms with E-state index in [-0.39, 0.29) is 5.41 Å². The largest absolute Gasteiger partial charge is 0.318 e. The van der Waals surface area contributed by atoms with Crippen LogP contribution in [0.3, 0.4) is 0 Å². The maximum atomic E-state index is 3.40. The Kier molecular flexibility index (Phi) is 4.97. The van der Waals surface area contributed by atoms with Gasteiger partial charge in [-0.3, -0.25) is 0 Å². The van der Waals surface area contributed by atoms with Gasteiger partial charge in [-0.2, -0.15) is 0 Å². The van der Waals surface area contributed by atoms with Gasteiger partial charge in [0.05, 0.1) is 0 Å². The Bertz CT molecular complexity index is 296. The second kappa shape index (κ2) is 6.02. The molecule has 2 N–H and O–H groups in total. The maximum absolute atomic E-state index is 3.40. The van der Waals surface area contributed by atoms with Gasteiger partial charge in [0.1, 0.15) is 0 Å². The normalized spacial score (nSPS) is 11.8. The average Bonchev–Trinajstić information content (AvgIpc) is 2.24. The third-order valence-electron chi connectivity index (χ3n) is 2.70. The number of hydrogen-bond donors (Lipinski definition) is 2.